The van der Waals surface area contributed by atoms with Crippen LogP contribution in [0.15, 0.2) is 40.8 Å². The van der Waals surface area contributed by atoms with Crippen molar-refractivity contribution in [1.82, 2.24) is 15.2 Å². The second kappa shape index (κ2) is 7.50. The molecule has 4 rings (SSSR count). The van der Waals surface area contributed by atoms with E-state index in [0.29, 0.717) is 5.76 Å². The highest BCUT2D eigenvalue weighted by molar-refractivity contribution is 7.21. The van der Waals surface area contributed by atoms with Crippen molar-refractivity contribution in [1.29, 1.82) is 0 Å². The molecule has 0 radical (unpaired) electrons. The summed E-state index contributed by atoms with van der Waals surface area (Å²) < 4.78 is 6.82. The number of nitrogens with two attached hydrogens (primary N) is 1. The van der Waals surface area contributed by atoms with Gasteiger partial charge >= 0.3 is 0 Å². The van der Waals surface area contributed by atoms with Gasteiger partial charge in [-0.3, -0.25) is 14.5 Å². The molecule has 7 nitrogen and oxygen atoms in total. The number of nitrogens with zero attached hydrogens (tertiary/aromatic N) is 2. The van der Waals surface area contributed by atoms with Gasteiger partial charge in [-0.2, -0.15) is 0 Å². The lowest BCUT2D eigenvalue weighted by Gasteiger charge is -2.31. The number of nitrogens with one attached hydrogen (secondary N) is 1. The quantitative estimate of drug-likeness (QED) is 0.702. The molecule has 0 aliphatic carbocycles. The number of hydrogen-bond acceptors (Lipinski definition) is 6. The Hall–Kier alpha value is -2.71. The van der Waals surface area contributed by atoms with Gasteiger partial charge in [-0.05, 0) is 37.1 Å². The van der Waals surface area contributed by atoms with Crippen LogP contribution in [0.2, 0.25) is 0 Å². The molecule has 0 spiro atoms. The molecule has 2 aromatic heterocycles. The van der Waals surface area contributed by atoms with Crippen LogP contribution >= 0.6 is 11.3 Å². The third-order valence-corrected chi connectivity index (χ3v) is 5.69. The summed E-state index contributed by atoms with van der Waals surface area (Å²) in [6.45, 7) is 1.75. The first-order valence-electron chi connectivity index (χ1n) is 8.86. The number of rotatable bonds is 5. The number of fused-ring (bicyclic) bond motifs is 1. The summed E-state index contributed by atoms with van der Waals surface area (Å²) in [4.78, 5) is 30.0. The van der Waals surface area contributed by atoms with Crippen LogP contribution in [0.4, 0.5) is 0 Å². The molecular weight excluding hydrogens is 364 g/mol. The zero-order valence-electron chi connectivity index (χ0n) is 14.7. The summed E-state index contributed by atoms with van der Waals surface area (Å²) >= 11 is 1.54. The van der Waals surface area contributed by atoms with Crippen molar-refractivity contribution in [2.24, 2.45) is 5.73 Å². The topological polar surface area (TPSA) is 101 Å². The molecule has 0 unspecified atom stereocenters. The Labute approximate surface area is 160 Å². The van der Waals surface area contributed by atoms with Crippen molar-refractivity contribution in [2.75, 3.05) is 19.6 Å². The van der Waals surface area contributed by atoms with E-state index >= 15 is 0 Å². The maximum absolute atomic E-state index is 12.5. The smallest absolute Gasteiger partial charge is 0.287 e. The first kappa shape index (κ1) is 17.7. The Bertz CT molecular complexity index is 939. The van der Waals surface area contributed by atoms with Gasteiger partial charge in [0.25, 0.3) is 5.91 Å². The van der Waals surface area contributed by atoms with Gasteiger partial charge in [0.15, 0.2) is 16.5 Å². The zero-order chi connectivity index (χ0) is 18.8. The SMILES string of the molecule is NC(=O)CN1CCC(NC(=O)c2ccc(-c3nc4ccccc4s3)o2)CC1. The molecule has 8 heteroatoms. The monoisotopic (exact) mass is 384 g/mol. The van der Waals surface area contributed by atoms with Crippen molar-refractivity contribution in [3.63, 3.8) is 0 Å². The molecule has 0 atom stereocenters. The third kappa shape index (κ3) is 4.01. The fourth-order valence-electron chi connectivity index (χ4n) is 3.26. The number of furan rings is 1. The van der Waals surface area contributed by atoms with Crippen LogP contribution in [0.3, 0.4) is 0 Å². The molecule has 1 saturated heterocycles. The molecular formula is C19H20N4O3S. The van der Waals surface area contributed by atoms with E-state index in [2.05, 4.69) is 10.3 Å². The fourth-order valence-corrected chi connectivity index (χ4v) is 4.19. The minimum Gasteiger partial charge on any atom is -0.448 e. The van der Waals surface area contributed by atoms with E-state index in [1.54, 1.807) is 12.1 Å². The van der Waals surface area contributed by atoms with Gasteiger partial charge in [-0.1, -0.05) is 12.1 Å². The standard InChI is InChI=1S/C19H20N4O3S/c20-17(24)11-23-9-7-12(8-10-23)21-18(25)14-5-6-15(26-14)19-22-13-3-1-2-4-16(13)27-19/h1-6,12H,7-11H2,(H2,20,24)(H,21,25). The van der Waals surface area contributed by atoms with Crippen molar-refractivity contribution in [2.45, 2.75) is 18.9 Å². The Morgan fingerprint density at radius 2 is 2.00 bits per heavy atom. The number of thiazole rings is 1. The van der Waals surface area contributed by atoms with Crippen LogP contribution in [0, 0.1) is 0 Å². The predicted molar refractivity (Wildman–Crippen MR) is 103 cm³/mol. The number of primary amides is 1. The maximum Gasteiger partial charge on any atom is 0.287 e. The van der Waals surface area contributed by atoms with Crippen LogP contribution in [0.5, 0.6) is 0 Å². The van der Waals surface area contributed by atoms with Crippen molar-refractivity contribution < 1.29 is 14.0 Å². The highest BCUT2D eigenvalue weighted by Gasteiger charge is 2.23. The largest absolute Gasteiger partial charge is 0.448 e. The van der Waals surface area contributed by atoms with E-state index in [1.165, 1.54) is 11.3 Å². The van der Waals surface area contributed by atoms with Crippen molar-refractivity contribution >= 4 is 33.4 Å². The van der Waals surface area contributed by atoms with Gasteiger partial charge in [0.05, 0.1) is 16.8 Å². The average Bonchev–Trinajstić information content (AvgIpc) is 3.29. The normalized spacial score (nSPS) is 15.9. The third-order valence-electron chi connectivity index (χ3n) is 4.64. The number of piperidine rings is 1. The van der Waals surface area contributed by atoms with E-state index in [4.69, 9.17) is 10.2 Å². The second-order valence-corrected chi connectivity index (χ2v) is 7.67. The number of likely N-dealkylation sites (tertiary alicyclic amines) is 1. The van der Waals surface area contributed by atoms with Gasteiger partial charge in [0, 0.05) is 19.1 Å². The van der Waals surface area contributed by atoms with Gasteiger partial charge < -0.3 is 15.5 Å². The summed E-state index contributed by atoms with van der Waals surface area (Å²) in [6.07, 6.45) is 1.56. The summed E-state index contributed by atoms with van der Waals surface area (Å²) in [5.41, 5.74) is 6.14. The lowest BCUT2D eigenvalue weighted by molar-refractivity contribution is -0.119. The van der Waals surface area contributed by atoms with E-state index in [9.17, 15) is 9.59 Å². The average molecular weight is 384 g/mol. The maximum atomic E-state index is 12.5. The summed E-state index contributed by atoms with van der Waals surface area (Å²) in [6, 6.07) is 11.4. The van der Waals surface area contributed by atoms with Crippen molar-refractivity contribution in [3.05, 3.63) is 42.2 Å². The van der Waals surface area contributed by atoms with Crippen LogP contribution in [0.1, 0.15) is 23.4 Å². The molecule has 0 saturated carbocycles. The van der Waals surface area contributed by atoms with Crippen molar-refractivity contribution in [3.8, 4) is 10.8 Å². The molecule has 1 fully saturated rings. The first-order valence-corrected chi connectivity index (χ1v) is 9.67. The minimum absolute atomic E-state index is 0.0672. The molecule has 140 valence electrons. The lowest BCUT2D eigenvalue weighted by Crippen LogP contribution is -2.46. The zero-order valence-corrected chi connectivity index (χ0v) is 15.5. The van der Waals surface area contributed by atoms with Gasteiger partial charge in [-0.15, -0.1) is 11.3 Å². The van der Waals surface area contributed by atoms with Gasteiger partial charge in [-0.25, -0.2) is 4.98 Å². The number of benzene rings is 1. The Morgan fingerprint density at radius 3 is 2.74 bits per heavy atom. The Morgan fingerprint density at radius 1 is 1.22 bits per heavy atom. The van der Waals surface area contributed by atoms with Crippen LogP contribution in [-0.4, -0.2) is 47.4 Å². The molecule has 3 aromatic rings. The molecule has 0 bridgehead atoms. The fraction of sp³-hybridized carbons (Fsp3) is 0.316. The van der Waals surface area contributed by atoms with Gasteiger partial charge in [0.2, 0.25) is 5.91 Å². The predicted octanol–water partition coefficient (Wildman–Crippen LogP) is 2.24. The molecule has 2 amide bonds. The first-order chi connectivity index (χ1) is 13.1. The van der Waals surface area contributed by atoms with E-state index < -0.39 is 0 Å². The van der Waals surface area contributed by atoms with E-state index in [-0.39, 0.29) is 30.2 Å². The highest BCUT2D eigenvalue weighted by Crippen LogP contribution is 2.31. The Kier molecular flexibility index (Phi) is 4.91. The molecule has 1 aliphatic heterocycles. The molecule has 3 N–H and O–H groups in total. The number of para-hydroxylation sites is 1. The summed E-state index contributed by atoms with van der Waals surface area (Å²) in [5, 5.41) is 3.77. The van der Waals surface area contributed by atoms with Crippen LogP contribution in [0.25, 0.3) is 21.0 Å². The molecule has 3 heterocycles. The van der Waals surface area contributed by atoms with E-state index in [0.717, 1.165) is 41.2 Å². The number of carbonyl (C=O) groups is 2. The van der Waals surface area contributed by atoms with Gasteiger partial charge in [0.1, 0.15) is 0 Å². The van der Waals surface area contributed by atoms with E-state index in [1.807, 2.05) is 29.2 Å². The second-order valence-electron chi connectivity index (χ2n) is 6.64. The van der Waals surface area contributed by atoms with Crippen LogP contribution in [-0.2, 0) is 4.79 Å². The molecule has 1 aromatic carbocycles. The lowest BCUT2D eigenvalue weighted by atomic mass is 10.0. The summed E-state index contributed by atoms with van der Waals surface area (Å²) in [7, 11) is 0. The Balaban J connectivity index is 1.38. The van der Waals surface area contributed by atoms with Crippen LogP contribution < -0.4 is 11.1 Å². The minimum atomic E-state index is -0.324. The number of amides is 2. The highest BCUT2D eigenvalue weighted by atomic mass is 32.1. The number of hydrogen-bond donors (Lipinski definition) is 2. The number of carbonyl (C=O) groups excluding carboxylic acids is 2. The number of aromatic nitrogens is 1. The molecule has 27 heavy (non-hydrogen) atoms. The molecule has 1 aliphatic rings. The summed E-state index contributed by atoms with van der Waals surface area (Å²) in [5.74, 6) is 0.326.